The number of nitrogens with zero attached hydrogens (tertiary/aromatic N) is 3. The molecule has 3 aliphatic rings. The number of non-ortho nitro benzene ring substituents is 1. The number of benzene rings is 2. The van der Waals surface area contributed by atoms with Crippen LogP contribution in [0.15, 0.2) is 48.5 Å². The van der Waals surface area contributed by atoms with Gasteiger partial charge in [-0.3, -0.25) is 29.9 Å². The smallest absolute Gasteiger partial charge is 0.331 e. The summed E-state index contributed by atoms with van der Waals surface area (Å²) in [5, 5.41) is 13.9. The predicted molar refractivity (Wildman–Crippen MR) is 124 cm³/mol. The van der Waals surface area contributed by atoms with E-state index in [-0.39, 0.29) is 18.0 Å². The van der Waals surface area contributed by atoms with Crippen molar-refractivity contribution in [2.45, 2.75) is 51.1 Å². The van der Waals surface area contributed by atoms with Crippen molar-refractivity contribution in [3.8, 4) is 0 Å². The number of carbonyl (C=O) groups is 3. The summed E-state index contributed by atoms with van der Waals surface area (Å²) in [4.78, 5) is 54.5. The first-order valence-corrected chi connectivity index (χ1v) is 11.3. The number of imide groups is 2. The zero-order valence-corrected chi connectivity index (χ0v) is 19.3. The fourth-order valence-corrected chi connectivity index (χ4v) is 5.77. The maximum absolute atomic E-state index is 14.1. The van der Waals surface area contributed by atoms with Crippen LogP contribution in [0.4, 0.5) is 16.2 Å². The molecule has 4 amide bonds. The molecule has 0 radical (unpaired) electrons. The molecule has 2 aromatic carbocycles. The van der Waals surface area contributed by atoms with Gasteiger partial charge in [-0.25, -0.2) is 4.79 Å². The lowest BCUT2D eigenvalue weighted by Crippen LogP contribution is -2.73. The van der Waals surface area contributed by atoms with Crippen LogP contribution in [0.2, 0.25) is 0 Å². The molecule has 0 aromatic heterocycles. The topological polar surface area (TPSA) is 113 Å². The number of barbiturate groups is 1. The van der Waals surface area contributed by atoms with E-state index in [1.807, 2.05) is 35.2 Å². The number of anilines is 1. The van der Waals surface area contributed by atoms with Gasteiger partial charge in [0.2, 0.25) is 11.8 Å². The molecule has 9 heteroatoms. The molecule has 3 atom stereocenters. The van der Waals surface area contributed by atoms with Crippen LogP contribution in [0.5, 0.6) is 0 Å². The highest BCUT2D eigenvalue weighted by atomic mass is 16.6. The van der Waals surface area contributed by atoms with E-state index in [4.69, 9.17) is 0 Å². The van der Waals surface area contributed by atoms with Crippen molar-refractivity contribution in [1.29, 1.82) is 0 Å². The fraction of sp³-hybridized carbons (Fsp3) is 0.400. The molecule has 2 aromatic rings. The summed E-state index contributed by atoms with van der Waals surface area (Å²) in [6.07, 6.45) is 0.545. The van der Waals surface area contributed by atoms with Crippen LogP contribution in [0.1, 0.15) is 44.2 Å². The Labute approximate surface area is 196 Å². The molecule has 34 heavy (non-hydrogen) atoms. The van der Waals surface area contributed by atoms with Gasteiger partial charge in [0, 0.05) is 42.2 Å². The molecule has 1 spiro atoms. The number of amides is 4. The van der Waals surface area contributed by atoms with Gasteiger partial charge >= 0.3 is 6.03 Å². The van der Waals surface area contributed by atoms with Crippen LogP contribution in [-0.2, 0) is 16.0 Å². The molecule has 1 N–H and O–H groups in total. The Morgan fingerprint density at radius 1 is 1.09 bits per heavy atom. The van der Waals surface area contributed by atoms with E-state index in [1.54, 1.807) is 26.8 Å². The van der Waals surface area contributed by atoms with Crippen LogP contribution < -0.4 is 10.2 Å². The van der Waals surface area contributed by atoms with Gasteiger partial charge in [0.05, 0.1) is 11.0 Å². The Hall–Kier alpha value is -3.75. The minimum absolute atomic E-state index is 0.00276. The van der Waals surface area contributed by atoms with Crippen LogP contribution in [0.25, 0.3) is 0 Å². The molecule has 5 rings (SSSR count). The van der Waals surface area contributed by atoms with Crippen LogP contribution in [-0.4, -0.2) is 45.8 Å². The number of nitrogens with one attached hydrogen (secondary N) is 1. The molecule has 176 valence electrons. The highest BCUT2D eigenvalue weighted by molar-refractivity contribution is 6.20. The normalized spacial score (nSPS) is 26.4. The predicted octanol–water partition coefficient (Wildman–Crippen LogP) is 3.38. The first-order chi connectivity index (χ1) is 16.0. The first kappa shape index (κ1) is 22.1. The van der Waals surface area contributed by atoms with Gasteiger partial charge in [0.1, 0.15) is 0 Å². The second-order valence-corrected chi connectivity index (χ2v) is 10.3. The third kappa shape index (κ3) is 3.10. The highest BCUT2D eigenvalue weighted by Gasteiger charge is 2.65. The SMILES string of the molecule is CC(C)(C)N1C(=O)NC(=O)[C@]2(Cc3cc([N+](=O)[O-])ccc3N3C[C@H](c4ccccc4)C[C@@H]32)C1=O. The van der Waals surface area contributed by atoms with E-state index in [9.17, 15) is 24.5 Å². The zero-order chi connectivity index (χ0) is 24.4. The Morgan fingerprint density at radius 3 is 2.44 bits per heavy atom. The Balaban J connectivity index is 1.68. The van der Waals surface area contributed by atoms with Crippen molar-refractivity contribution < 1.29 is 19.3 Å². The lowest BCUT2D eigenvalue weighted by molar-refractivity contribution is -0.384. The van der Waals surface area contributed by atoms with Crippen LogP contribution >= 0.6 is 0 Å². The fourth-order valence-electron chi connectivity index (χ4n) is 5.77. The molecule has 3 aliphatic heterocycles. The standard InChI is InChI=1S/C25H26N4O5/c1-24(2,3)28-22(31)25(21(30)26-23(28)32)13-16-11-18(29(33)34)9-10-19(16)27-14-17(12-20(25)27)15-7-5-4-6-8-15/h4-11,17,20H,12-14H2,1-3H3,(H,26,30,32)/t17-,20-,25-/m1/s1. The molecule has 2 fully saturated rings. The maximum Gasteiger partial charge on any atom is 0.331 e. The lowest BCUT2D eigenvalue weighted by atomic mass is 9.67. The van der Waals surface area contributed by atoms with Gasteiger partial charge in [-0.1, -0.05) is 30.3 Å². The Kier molecular flexibility index (Phi) is 4.79. The molecular weight excluding hydrogens is 436 g/mol. The first-order valence-electron chi connectivity index (χ1n) is 11.3. The van der Waals surface area contributed by atoms with Crippen molar-refractivity contribution >= 4 is 29.2 Å². The molecule has 3 heterocycles. The van der Waals surface area contributed by atoms with Gasteiger partial charge < -0.3 is 4.90 Å². The van der Waals surface area contributed by atoms with Crippen molar-refractivity contribution in [2.24, 2.45) is 5.41 Å². The van der Waals surface area contributed by atoms with Gasteiger partial charge in [0.25, 0.3) is 5.69 Å². The minimum Gasteiger partial charge on any atom is -0.366 e. The van der Waals surface area contributed by atoms with Crippen LogP contribution in [0, 0.1) is 15.5 Å². The second-order valence-electron chi connectivity index (χ2n) is 10.3. The lowest BCUT2D eigenvalue weighted by Gasteiger charge is -2.51. The van der Waals surface area contributed by atoms with Gasteiger partial charge in [-0.05, 0) is 44.4 Å². The average molecular weight is 463 g/mol. The van der Waals surface area contributed by atoms with Gasteiger partial charge in [-0.15, -0.1) is 0 Å². The quantitative estimate of drug-likeness (QED) is 0.416. The van der Waals surface area contributed by atoms with E-state index >= 15 is 0 Å². The van der Waals surface area contributed by atoms with E-state index < -0.39 is 39.8 Å². The summed E-state index contributed by atoms with van der Waals surface area (Å²) in [6, 6.07) is 13.3. The summed E-state index contributed by atoms with van der Waals surface area (Å²) in [6.45, 7) is 5.80. The van der Waals surface area contributed by atoms with Crippen molar-refractivity contribution in [2.75, 3.05) is 11.4 Å². The van der Waals surface area contributed by atoms with E-state index in [2.05, 4.69) is 5.32 Å². The van der Waals surface area contributed by atoms with Crippen LogP contribution in [0.3, 0.4) is 0 Å². The molecule has 9 nitrogen and oxygen atoms in total. The number of urea groups is 1. The monoisotopic (exact) mass is 462 g/mol. The number of fused-ring (bicyclic) bond motifs is 4. The van der Waals surface area contributed by atoms with Crippen molar-refractivity contribution in [3.63, 3.8) is 0 Å². The summed E-state index contributed by atoms with van der Waals surface area (Å²) < 4.78 is 0. The Morgan fingerprint density at radius 2 is 1.79 bits per heavy atom. The third-order valence-corrected chi connectivity index (χ3v) is 7.28. The summed E-state index contributed by atoms with van der Waals surface area (Å²) in [5.41, 5.74) is -0.0561. The number of nitro groups is 1. The number of carbonyl (C=O) groups excluding carboxylic acids is 3. The number of nitro benzene ring substituents is 1. The summed E-state index contributed by atoms with van der Waals surface area (Å²) in [7, 11) is 0. The number of rotatable bonds is 2. The highest BCUT2D eigenvalue weighted by Crippen LogP contribution is 2.52. The zero-order valence-electron chi connectivity index (χ0n) is 19.3. The molecule has 0 aliphatic carbocycles. The number of hydrogen-bond donors (Lipinski definition) is 1. The van der Waals surface area contributed by atoms with Gasteiger partial charge in [0.15, 0.2) is 5.41 Å². The van der Waals surface area contributed by atoms with Crippen molar-refractivity contribution in [3.05, 3.63) is 69.8 Å². The number of hydrogen-bond acceptors (Lipinski definition) is 6. The molecule has 0 unspecified atom stereocenters. The molecule has 2 saturated heterocycles. The average Bonchev–Trinajstić information content (AvgIpc) is 3.23. The summed E-state index contributed by atoms with van der Waals surface area (Å²) >= 11 is 0. The maximum atomic E-state index is 14.1. The molecular formula is C25H26N4O5. The van der Waals surface area contributed by atoms with E-state index in [1.165, 1.54) is 12.1 Å². The third-order valence-electron chi connectivity index (χ3n) is 7.28. The minimum atomic E-state index is -1.56. The van der Waals surface area contributed by atoms with Crippen molar-refractivity contribution in [1.82, 2.24) is 10.2 Å². The van der Waals surface area contributed by atoms with E-state index in [0.29, 0.717) is 18.5 Å². The second kappa shape index (κ2) is 7.38. The molecule has 0 bridgehead atoms. The molecule has 0 saturated carbocycles. The van der Waals surface area contributed by atoms with Gasteiger partial charge in [-0.2, -0.15) is 0 Å². The van der Waals surface area contributed by atoms with E-state index in [0.717, 1.165) is 16.2 Å². The Bertz CT molecular complexity index is 1220. The largest absolute Gasteiger partial charge is 0.366 e. The summed E-state index contributed by atoms with van der Waals surface area (Å²) in [5.74, 6) is -1.12.